The molecule has 21 heavy (non-hydrogen) atoms. The van der Waals surface area contributed by atoms with Gasteiger partial charge in [-0.2, -0.15) is 0 Å². The number of hydrogen-bond donors (Lipinski definition) is 1. The van der Waals surface area contributed by atoms with E-state index in [0.29, 0.717) is 25.1 Å². The van der Waals surface area contributed by atoms with E-state index in [1.807, 2.05) is 42.5 Å². The van der Waals surface area contributed by atoms with Gasteiger partial charge in [0.25, 0.3) is 0 Å². The van der Waals surface area contributed by atoms with E-state index in [0.717, 1.165) is 23.3 Å². The van der Waals surface area contributed by atoms with Crippen LogP contribution < -0.4 is 10.5 Å². The number of carbonyl (C=O) groups is 1. The first kappa shape index (κ1) is 13.7. The highest BCUT2D eigenvalue weighted by atomic mass is 16.5. The van der Waals surface area contributed by atoms with Gasteiger partial charge in [0.1, 0.15) is 11.5 Å². The lowest BCUT2D eigenvalue weighted by atomic mass is 9.87. The Labute approximate surface area is 124 Å². The predicted molar refractivity (Wildman–Crippen MR) is 83.5 cm³/mol. The maximum atomic E-state index is 12.3. The zero-order valence-electron chi connectivity index (χ0n) is 11.9. The van der Waals surface area contributed by atoms with Gasteiger partial charge in [-0.15, -0.1) is 0 Å². The molecule has 1 atom stereocenters. The van der Waals surface area contributed by atoms with Gasteiger partial charge in [-0.05, 0) is 41.7 Å². The first-order chi connectivity index (χ1) is 10.2. The second-order valence-electron chi connectivity index (χ2n) is 5.54. The summed E-state index contributed by atoms with van der Waals surface area (Å²) in [4.78, 5) is 12.3. The molecule has 0 saturated heterocycles. The largest absolute Gasteiger partial charge is 0.493 e. The second kappa shape index (κ2) is 6.00. The molecule has 3 rings (SSSR count). The fourth-order valence-electron chi connectivity index (χ4n) is 2.91. The molecule has 2 aromatic rings. The summed E-state index contributed by atoms with van der Waals surface area (Å²) in [6.07, 6.45) is 1.92. The summed E-state index contributed by atoms with van der Waals surface area (Å²) in [5.74, 6) is 1.44. The number of ether oxygens (including phenoxy) is 1. The number of rotatable bonds is 4. The molecule has 0 radical (unpaired) electrons. The second-order valence-corrected chi connectivity index (χ2v) is 5.54. The highest BCUT2D eigenvalue weighted by molar-refractivity contribution is 5.82. The molecule has 0 amide bonds. The average Bonchev–Trinajstić information content (AvgIpc) is 2.47. The summed E-state index contributed by atoms with van der Waals surface area (Å²) < 4.78 is 5.64. The number of anilines is 1. The predicted octanol–water partition coefficient (Wildman–Crippen LogP) is 3.34. The van der Waals surface area contributed by atoms with Crippen molar-refractivity contribution in [1.82, 2.24) is 0 Å². The molecule has 0 fully saturated rings. The van der Waals surface area contributed by atoms with E-state index in [-0.39, 0.29) is 11.7 Å². The van der Waals surface area contributed by atoms with Crippen LogP contribution in [0.1, 0.15) is 29.9 Å². The van der Waals surface area contributed by atoms with Gasteiger partial charge in [-0.25, -0.2) is 0 Å². The summed E-state index contributed by atoms with van der Waals surface area (Å²) in [6, 6.07) is 15.6. The Morgan fingerprint density at radius 2 is 2.05 bits per heavy atom. The lowest BCUT2D eigenvalue weighted by molar-refractivity contribution is -0.118. The van der Waals surface area contributed by atoms with Crippen LogP contribution in [0.25, 0.3) is 0 Å². The van der Waals surface area contributed by atoms with Gasteiger partial charge in [0.15, 0.2) is 0 Å². The highest BCUT2D eigenvalue weighted by Crippen LogP contribution is 2.35. The fraction of sp³-hybridized carbons (Fsp3) is 0.278. The van der Waals surface area contributed by atoms with Crippen molar-refractivity contribution in [2.24, 2.45) is 0 Å². The molecule has 3 heteroatoms. The molecule has 1 unspecified atom stereocenters. The molecule has 0 spiro atoms. The maximum absolute atomic E-state index is 12.3. The molecule has 0 bridgehead atoms. The first-order valence-corrected chi connectivity index (χ1v) is 7.30. The van der Waals surface area contributed by atoms with Crippen LogP contribution in [0.4, 0.5) is 5.69 Å². The lowest BCUT2D eigenvalue weighted by Crippen LogP contribution is -2.17. The number of benzene rings is 2. The fourth-order valence-corrected chi connectivity index (χ4v) is 2.91. The Morgan fingerprint density at radius 1 is 1.19 bits per heavy atom. The maximum Gasteiger partial charge on any atom is 0.137 e. The van der Waals surface area contributed by atoms with E-state index in [9.17, 15) is 4.79 Å². The summed E-state index contributed by atoms with van der Waals surface area (Å²) in [5, 5.41) is 0. The third kappa shape index (κ3) is 3.24. The van der Waals surface area contributed by atoms with Crippen molar-refractivity contribution in [2.45, 2.75) is 25.2 Å². The zero-order chi connectivity index (χ0) is 14.7. The number of fused-ring (bicyclic) bond motifs is 1. The van der Waals surface area contributed by atoms with Crippen molar-refractivity contribution < 1.29 is 9.53 Å². The van der Waals surface area contributed by atoms with E-state index >= 15 is 0 Å². The van der Waals surface area contributed by atoms with Crippen molar-refractivity contribution in [3.8, 4) is 5.75 Å². The number of hydrogen-bond acceptors (Lipinski definition) is 3. The van der Waals surface area contributed by atoms with Crippen molar-refractivity contribution in [1.29, 1.82) is 0 Å². The standard InChI is InChI=1S/C18H19NO2/c19-15-5-3-4-13(10-15)11-16(20)12-14-8-9-21-18-7-2-1-6-17(14)18/h1-7,10,14H,8-9,11-12,19H2. The van der Waals surface area contributed by atoms with Crippen molar-refractivity contribution in [3.63, 3.8) is 0 Å². The third-order valence-electron chi connectivity index (χ3n) is 3.91. The Hall–Kier alpha value is -2.29. The molecule has 108 valence electrons. The summed E-state index contributed by atoms with van der Waals surface area (Å²) in [6.45, 7) is 0.688. The minimum atomic E-state index is 0.252. The van der Waals surface area contributed by atoms with Gasteiger partial charge in [0, 0.05) is 18.5 Å². The summed E-state index contributed by atoms with van der Waals surface area (Å²) >= 11 is 0. The molecule has 1 aliphatic heterocycles. The summed E-state index contributed by atoms with van der Waals surface area (Å²) in [7, 11) is 0. The van der Waals surface area contributed by atoms with E-state index in [1.54, 1.807) is 0 Å². The monoisotopic (exact) mass is 281 g/mol. The first-order valence-electron chi connectivity index (χ1n) is 7.30. The van der Waals surface area contributed by atoms with Gasteiger partial charge in [-0.1, -0.05) is 30.3 Å². The molecular weight excluding hydrogens is 262 g/mol. The van der Waals surface area contributed by atoms with Crippen LogP contribution in [0.2, 0.25) is 0 Å². The van der Waals surface area contributed by atoms with Crippen LogP contribution in [-0.4, -0.2) is 12.4 Å². The topological polar surface area (TPSA) is 52.3 Å². The van der Waals surface area contributed by atoms with E-state index in [2.05, 4.69) is 6.07 Å². The van der Waals surface area contributed by atoms with Crippen molar-refractivity contribution in [3.05, 3.63) is 59.7 Å². The zero-order valence-corrected chi connectivity index (χ0v) is 11.9. The number of Topliss-reactive ketones (excluding diaryl/α,β-unsaturated/α-hetero) is 1. The molecule has 2 aromatic carbocycles. The van der Waals surface area contributed by atoms with Gasteiger partial charge >= 0.3 is 0 Å². The van der Waals surface area contributed by atoms with Crippen LogP contribution in [0.15, 0.2) is 48.5 Å². The van der Waals surface area contributed by atoms with Gasteiger partial charge in [-0.3, -0.25) is 4.79 Å². The lowest BCUT2D eigenvalue weighted by Gasteiger charge is -2.25. The third-order valence-corrected chi connectivity index (χ3v) is 3.91. The molecule has 3 nitrogen and oxygen atoms in total. The number of ketones is 1. The molecule has 1 heterocycles. The van der Waals surface area contributed by atoms with Crippen molar-refractivity contribution >= 4 is 11.5 Å². The van der Waals surface area contributed by atoms with Gasteiger partial charge in [0.05, 0.1) is 6.61 Å². The highest BCUT2D eigenvalue weighted by Gasteiger charge is 2.23. The van der Waals surface area contributed by atoms with E-state index in [1.165, 1.54) is 0 Å². The number of carbonyl (C=O) groups excluding carboxylic acids is 1. The Balaban J connectivity index is 1.68. The molecular formula is C18H19NO2. The SMILES string of the molecule is Nc1cccc(CC(=O)CC2CCOc3ccccc32)c1. The molecule has 0 aliphatic carbocycles. The van der Waals surface area contributed by atoms with Crippen LogP contribution in [0.5, 0.6) is 5.75 Å². The van der Waals surface area contributed by atoms with E-state index < -0.39 is 0 Å². The minimum absolute atomic E-state index is 0.252. The Morgan fingerprint density at radius 3 is 2.90 bits per heavy atom. The Kier molecular flexibility index (Phi) is 3.91. The van der Waals surface area contributed by atoms with Crippen molar-refractivity contribution in [2.75, 3.05) is 12.3 Å². The smallest absolute Gasteiger partial charge is 0.137 e. The molecule has 0 aromatic heterocycles. The van der Waals surface area contributed by atoms with Gasteiger partial charge < -0.3 is 10.5 Å². The average molecular weight is 281 g/mol. The van der Waals surface area contributed by atoms with Crippen LogP contribution in [0, 0.1) is 0 Å². The van der Waals surface area contributed by atoms with Gasteiger partial charge in [0.2, 0.25) is 0 Å². The molecule has 2 N–H and O–H groups in total. The Bertz CT molecular complexity index is 651. The number of para-hydroxylation sites is 1. The molecule has 1 aliphatic rings. The number of nitrogen functional groups attached to an aromatic ring is 1. The normalized spacial score (nSPS) is 16.9. The van der Waals surface area contributed by atoms with Crippen LogP contribution >= 0.6 is 0 Å². The quantitative estimate of drug-likeness (QED) is 0.874. The van der Waals surface area contributed by atoms with Crippen LogP contribution in [-0.2, 0) is 11.2 Å². The number of nitrogens with two attached hydrogens (primary N) is 1. The minimum Gasteiger partial charge on any atom is -0.493 e. The van der Waals surface area contributed by atoms with E-state index in [4.69, 9.17) is 10.5 Å². The van der Waals surface area contributed by atoms with Crippen LogP contribution in [0.3, 0.4) is 0 Å². The molecule has 0 saturated carbocycles. The summed E-state index contributed by atoms with van der Waals surface area (Å²) in [5.41, 5.74) is 8.60.